The summed E-state index contributed by atoms with van der Waals surface area (Å²) in [5.74, 6) is 4.29. The van der Waals surface area contributed by atoms with Crippen molar-refractivity contribution < 1.29 is 14.7 Å². The van der Waals surface area contributed by atoms with E-state index in [9.17, 15) is 14.7 Å². The van der Waals surface area contributed by atoms with Gasteiger partial charge >= 0.3 is 0 Å². The van der Waals surface area contributed by atoms with Crippen LogP contribution in [0.3, 0.4) is 0 Å². The number of nitrogens with one attached hydrogen (secondary N) is 5. The average Bonchev–Trinajstić information content (AvgIpc) is 0.881. The smallest absolute Gasteiger partial charge is 0.249 e. The molecule has 14 N–H and O–H groups in total. The number of aryl methyl sites for hydroxylation is 4. The van der Waals surface area contributed by atoms with Crippen LogP contribution >= 0.6 is 0 Å². The van der Waals surface area contributed by atoms with Crippen molar-refractivity contribution in [3.8, 4) is 51.1 Å². The lowest BCUT2D eigenvalue weighted by atomic mass is 10.0. The van der Waals surface area contributed by atoms with Crippen LogP contribution in [-0.4, -0.2) is 129 Å². The summed E-state index contributed by atoms with van der Waals surface area (Å²) >= 11 is 0. The number of aliphatic hydroxyl groups is 1. The number of aromatic nitrogens is 16. The fourth-order valence-electron chi connectivity index (χ4n) is 13.0. The van der Waals surface area contributed by atoms with Gasteiger partial charge < -0.3 is 59.5 Å². The van der Waals surface area contributed by atoms with Gasteiger partial charge in [0.15, 0.2) is 0 Å². The van der Waals surface area contributed by atoms with Crippen LogP contribution in [0.2, 0.25) is 0 Å². The molecule has 12 heterocycles. The van der Waals surface area contributed by atoms with Gasteiger partial charge in [-0.05, 0) is 148 Å². The van der Waals surface area contributed by atoms with Gasteiger partial charge in [0, 0.05) is 115 Å². The number of pyridine rings is 8. The van der Waals surface area contributed by atoms with E-state index in [0.717, 1.165) is 133 Å². The minimum absolute atomic E-state index is 0.0311. The number of amides is 2. The Bertz CT molecular complexity index is 6370. The van der Waals surface area contributed by atoms with Gasteiger partial charge in [0.1, 0.15) is 64.7 Å². The standard InChI is InChI=1S/C24H27N7O.C21H21N7O.C21H19N7.C21H22N6O/c1-15-8-6-7-9-18(15)20-10-16-11-21(26-13-19(16)22(25)29-20)28-17-12-27-31(14-17)24(2,3)23(32)30(4)5;1-13-5-3-4-6-16(13)18-7-14-8-19(24-10-17(14)21(22)27-18)26-15-9-25-28(11-15)12-20(29)23-2;1-13-5-3-4-6-17(13)19-7-15-8-20(24-11-18(15)21(23)27-19)26-16-10-25-28(12-16)14(2)9-22;1-13-5-3-4-6-17(13)19-7-15-8-20(23-10-18(15)21(22)26-19)25-16-9-24-27(11-16)14(2)12-28/h6-14H,1-5H3,(H2,25,29)(H,26,28);3-11H,12H2,1-2H3,(H2,22,27)(H,23,29)(H,24,26);3-8,10-12,14H,1-2H3,(H2,23,27)(H,24,26);3-11,14,28H,12H2,1-2H3,(H2,22,26)(H,23,25). The molecule has 16 rings (SSSR count). The number of likely N-dealkylation sites (N-methyl/N-ethyl adjacent to an activating group) is 2. The molecule has 2 amide bonds. The number of hydrogen-bond donors (Lipinski definition) is 10. The minimum atomic E-state index is -0.803. The summed E-state index contributed by atoms with van der Waals surface area (Å²) in [6.07, 6.45) is 20.7. The molecule has 30 nitrogen and oxygen atoms in total. The van der Waals surface area contributed by atoms with E-state index in [-0.39, 0.29) is 37.0 Å². The SMILES string of the molecule is CNC(=O)Cn1cc(Nc2cc3cc(-c4ccccc4C)nc(N)c3cn2)cn1.Cc1ccccc1-c1cc2cc(Nc3cnn(C(C)(C)C(=O)N(C)C)c3)ncc2c(N)n1.Cc1ccccc1-c1cc2cc(Nc3cnn(C(C)C#N)c3)ncc2c(N)n1.Cc1ccccc1-c1cc2cc(Nc3cnn(C(C)CO)c3)ncc2c(N)n1. The van der Waals surface area contributed by atoms with E-state index < -0.39 is 5.54 Å². The van der Waals surface area contributed by atoms with E-state index in [2.05, 4.69) is 132 Å². The summed E-state index contributed by atoms with van der Waals surface area (Å²) in [6, 6.07) is 49.9. The third-order valence-corrected chi connectivity index (χ3v) is 19.6. The first-order chi connectivity index (χ1) is 56.3. The van der Waals surface area contributed by atoms with Crippen LogP contribution in [0.4, 0.5) is 69.3 Å². The van der Waals surface area contributed by atoms with Crippen LogP contribution in [-0.2, 0) is 21.7 Å². The van der Waals surface area contributed by atoms with E-state index >= 15 is 0 Å². The number of nitrogen functional groups attached to an aromatic ring is 4. The summed E-state index contributed by atoms with van der Waals surface area (Å²) in [6.45, 7) is 15.8. The summed E-state index contributed by atoms with van der Waals surface area (Å²) in [4.78, 5) is 61.5. The van der Waals surface area contributed by atoms with Gasteiger partial charge in [-0.15, -0.1) is 0 Å². The molecule has 0 saturated heterocycles. The van der Waals surface area contributed by atoms with Gasteiger partial charge in [-0.25, -0.2) is 39.9 Å². The van der Waals surface area contributed by atoms with Crippen LogP contribution in [0.1, 0.15) is 62.0 Å². The Morgan fingerprint density at radius 1 is 0.470 bits per heavy atom. The first-order valence-electron chi connectivity index (χ1n) is 37.5. The first kappa shape index (κ1) is 79.8. The molecule has 0 aliphatic carbocycles. The number of anilines is 12. The molecule has 16 aromatic rings. The number of benzene rings is 4. The lowest BCUT2D eigenvalue weighted by Gasteiger charge is -2.27. The molecule has 0 aliphatic heterocycles. The highest BCUT2D eigenvalue weighted by atomic mass is 16.3. The Morgan fingerprint density at radius 2 is 0.795 bits per heavy atom. The number of carbonyl (C=O) groups excluding carboxylic acids is 2. The van der Waals surface area contributed by atoms with E-state index in [1.54, 1.807) is 120 Å². The van der Waals surface area contributed by atoms with Gasteiger partial charge in [0.25, 0.3) is 0 Å². The Kier molecular flexibility index (Phi) is 23.7. The monoisotopic (exact) mass is 1560 g/mol. The van der Waals surface area contributed by atoms with Crippen molar-refractivity contribution in [3.05, 3.63) is 242 Å². The molecule has 0 radical (unpaired) electrons. The second-order valence-electron chi connectivity index (χ2n) is 28.8. The second-order valence-corrected chi connectivity index (χ2v) is 28.8. The van der Waals surface area contributed by atoms with Crippen LogP contribution < -0.4 is 49.5 Å². The van der Waals surface area contributed by atoms with Crippen molar-refractivity contribution in [2.45, 2.75) is 79.6 Å². The molecule has 0 fully saturated rings. The predicted molar refractivity (Wildman–Crippen MR) is 463 cm³/mol. The minimum Gasteiger partial charge on any atom is -0.394 e. The first-order valence-corrected chi connectivity index (χ1v) is 37.5. The van der Waals surface area contributed by atoms with Crippen molar-refractivity contribution >= 4 is 124 Å². The van der Waals surface area contributed by atoms with Crippen molar-refractivity contribution in [3.63, 3.8) is 0 Å². The zero-order valence-corrected chi connectivity index (χ0v) is 66.5. The maximum Gasteiger partial charge on any atom is 0.249 e. The van der Waals surface area contributed by atoms with Crippen molar-refractivity contribution in [2.24, 2.45) is 0 Å². The number of rotatable bonds is 19. The van der Waals surface area contributed by atoms with Crippen LogP contribution in [0.15, 0.2) is 220 Å². The third-order valence-electron chi connectivity index (χ3n) is 19.6. The fourth-order valence-corrected chi connectivity index (χ4v) is 13.0. The summed E-state index contributed by atoms with van der Waals surface area (Å²) in [7, 11) is 5.06. The molecular weight excluding hydrogens is 1470 g/mol. The van der Waals surface area contributed by atoms with Crippen molar-refractivity contribution in [1.29, 1.82) is 5.26 Å². The molecule has 2 atom stereocenters. The molecule has 30 heteroatoms. The summed E-state index contributed by atoms with van der Waals surface area (Å²) in [5, 5.41) is 57.8. The molecule has 4 aromatic carbocycles. The van der Waals surface area contributed by atoms with Crippen LogP contribution in [0.25, 0.3) is 88.1 Å². The Morgan fingerprint density at radius 3 is 1.14 bits per heavy atom. The molecule has 0 aliphatic rings. The van der Waals surface area contributed by atoms with Gasteiger partial charge in [0.2, 0.25) is 11.8 Å². The van der Waals surface area contributed by atoms with Gasteiger partial charge in [-0.1, -0.05) is 97.1 Å². The Labute approximate surface area is 674 Å². The van der Waals surface area contributed by atoms with E-state index in [1.807, 2.05) is 161 Å². The maximum atomic E-state index is 12.5. The highest BCUT2D eigenvalue weighted by Gasteiger charge is 2.32. The highest BCUT2D eigenvalue weighted by Crippen LogP contribution is 2.36. The highest BCUT2D eigenvalue weighted by molar-refractivity contribution is 5.98. The summed E-state index contributed by atoms with van der Waals surface area (Å²) in [5.41, 5.74) is 39.1. The predicted octanol–water partition coefficient (Wildman–Crippen LogP) is 14.7. The molecule has 590 valence electrons. The molecule has 0 bridgehead atoms. The largest absolute Gasteiger partial charge is 0.394 e. The number of fused-ring (bicyclic) bond motifs is 4. The maximum absolute atomic E-state index is 12.5. The molecule has 2 unspecified atom stereocenters. The van der Waals surface area contributed by atoms with E-state index in [4.69, 9.17) is 28.2 Å². The third kappa shape index (κ3) is 18.5. The molecule has 0 saturated carbocycles. The zero-order chi connectivity index (χ0) is 82.8. The number of hydrogen-bond acceptors (Lipinski definition) is 24. The Balaban J connectivity index is 0.000000136. The zero-order valence-electron chi connectivity index (χ0n) is 66.5. The van der Waals surface area contributed by atoms with Gasteiger partial charge in [-0.3, -0.25) is 28.3 Å². The van der Waals surface area contributed by atoms with Crippen LogP contribution in [0.5, 0.6) is 0 Å². The lowest BCUT2D eigenvalue weighted by molar-refractivity contribution is -0.137. The molecular formula is C87H89N27O3. The second kappa shape index (κ2) is 34.8. The molecule has 12 aromatic heterocycles. The lowest BCUT2D eigenvalue weighted by Crippen LogP contribution is -2.44. The number of nitrogens with two attached hydrogens (primary N) is 4. The van der Waals surface area contributed by atoms with Crippen molar-refractivity contribution in [2.75, 3.05) is 72.0 Å². The van der Waals surface area contributed by atoms with Gasteiger partial charge in [-0.2, -0.15) is 25.7 Å². The van der Waals surface area contributed by atoms with Gasteiger partial charge in [0.05, 0.1) is 89.0 Å². The number of aliphatic hydroxyl groups excluding tert-OH is 1. The van der Waals surface area contributed by atoms with Crippen LogP contribution in [0, 0.1) is 39.0 Å². The number of carbonyl (C=O) groups is 2. The fraction of sp³-hybridized carbons (Fsp3) is 0.184. The van der Waals surface area contributed by atoms with E-state index in [1.165, 1.54) is 0 Å². The molecule has 0 spiro atoms. The Hall–Kier alpha value is -15.3. The number of nitriles is 1. The van der Waals surface area contributed by atoms with E-state index in [0.29, 0.717) is 46.5 Å². The quantitative estimate of drug-likeness (QED) is 0.0359. The summed E-state index contributed by atoms with van der Waals surface area (Å²) < 4.78 is 6.51. The van der Waals surface area contributed by atoms with Crippen molar-refractivity contribution in [1.82, 2.24) is 89.2 Å². The topological polar surface area (TPSA) is 420 Å². The molecule has 117 heavy (non-hydrogen) atoms. The number of nitrogens with zero attached hydrogens (tertiary/aromatic N) is 18. The average molecular weight is 1560 g/mol. The normalized spacial score (nSPS) is 11.6.